The Morgan fingerprint density at radius 2 is 2.10 bits per heavy atom. The monoisotopic (exact) mass is 498 g/mol. The van der Waals surface area contributed by atoms with Gasteiger partial charge in [-0.2, -0.15) is 0 Å². The number of nitrogens with zero attached hydrogens (tertiary/aromatic N) is 4. The third-order valence-electron chi connectivity index (χ3n) is 6.72. The minimum absolute atomic E-state index is 0.0230. The summed E-state index contributed by atoms with van der Waals surface area (Å²) in [5, 5.41) is 3.79. The van der Waals surface area contributed by atoms with Gasteiger partial charge in [0.15, 0.2) is 11.5 Å². The lowest BCUT2D eigenvalue weighted by molar-refractivity contribution is -0.128. The number of ether oxygens (including phenoxy) is 2. The average molecular weight is 499 g/mol. The van der Waals surface area contributed by atoms with Crippen molar-refractivity contribution in [3.8, 4) is 11.5 Å². The molecule has 1 amide bonds. The largest absolute Gasteiger partial charge is 0.493 e. The molecule has 4 rings (SSSR count). The highest BCUT2D eigenvalue weighted by molar-refractivity contribution is 9.10. The third kappa shape index (κ3) is 3.23. The SMILES string of the molecule is COc1ccc([C@@H](N=[N+]=[N-])[C@@H](Br)C(=O)N2C3CC4CCC3(C4)CS2(=O)=O)cc1OC. The molecule has 2 aliphatic carbocycles. The third-order valence-corrected chi connectivity index (χ3v) is 9.58. The molecule has 3 unspecified atom stereocenters. The molecule has 0 aromatic heterocycles. The first-order valence-electron chi connectivity index (χ1n) is 9.72. The van der Waals surface area contributed by atoms with Crippen LogP contribution >= 0.6 is 15.9 Å². The molecule has 0 N–H and O–H groups in total. The topological polar surface area (TPSA) is 122 Å². The van der Waals surface area contributed by atoms with Gasteiger partial charge in [-0.05, 0) is 54.8 Å². The van der Waals surface area contributed by atoms with E-state index in [9.17, 15) is 13.2 Å². The van der Waals surface area contributed by atoms with Crippen LogP contribution in [0.2, 0.25) is 0 Å². The molecule has 2 saturated carbocycles. The Bertz CT molecular complexity index is 1030. The second-order valence-corrected chi connectivity index (χ2v) is 11.1. The number of hydrogen-bond donors (Lipinski definition) is 0. The second-order valence-electron chi connectivity index (χ2n) is 8.28. The minimum Gasteiger partial charge on any atom is -0.493 e. The van der Waals surface area contributed by atoms with E-state index in [1.54, 1.807) is 18.2 Å². The van der Waals surface area contributed by atoms with Crippen molar-refractivity contribution in [2.75, 3.05) is 20.0 Å². The Kier molecular flexibility index (Phi) is 5.40. The van der Waals surface area contributed by atoms with Crippen LogP contribution in [-0.4, -0.2) is 49.5 Å². The maximum atomic E-state index is 13.4. The van der Waals surface area contributed by atoms with E-state index < -0.39 is 26.8 Å². The molecular formula is C19H23BrN4O5S. The molecule has 0 radical (unpaired) electrons. The molecule has 9 nitrogen and oxygen atoms in total. The number of rotatable bonds is 6. The first-order chi connectivity index (χ1) is 14.3. The van der Waals surface area contributed by atoms with Gasteiger partial charge in [-0.1, -0.05) is 27.1 Å². The van der Waals surface area contributed by atoms with Crippen molar-refractivity contribution >= 4 is 31.9 Å². The highest BCUT2D eigenvalue weighted by atomic mass is 79.9. The van der Waals surface area contributed by atoms with Gasteiger partial charge in [0.05, 0.1) is 32.1 Å². The fourth-order valence-electron chi connectivity index (χ4n) is 5.47. The summed E-state index contributed by atoms with van der Waals surface area (Å²) in [4.78, 5) is 15.3. The van der Waals surface area contributed by atoms with Crippen LogP contribution in [-0.2, 0) is 14.8 Å². The Balaban J connectivity index is 1.67. The summed E-state index contributed by atoms with van der Waals surface area (Å²) < 4.78 is 37.5. The zero-order valence-corrected chi connectivity index (χ0v) is 19.1. The summed E-state index contributed by atoms with van der Waals surface area (Å²) in [6.07, 6.45) is 3.45. The number of hydrogen-bond acceptors (Lipinski definition) is 6. The number of halogens is 1. The van der Waals surface area contributed by atoms with Gasteiger partial charge in [0, 0.05) is 10.3 Å². The minimum atomic E-state index is -3.71. The predicted octanol–water partition coefficient (Wildman–Crippen LogP) is 3.55. The van der Waals surface area contributed by atoms with Gasteiger partial charge in [-0.3, -0.25) is 4.79 Å². The molecule has 11 heteroatoms. The number of carbonyl (C=O) groups excluding carboxylic acids is 1. The molecule has 1 spiro atoms. The molecule has 3 fully saturated rings. The Hall–Kier alpha value is -1.97. The Morgan fingerprint density at radius 1 is 1.37 bits per heavy atom. The van der Waals surface area contributed by atoms with Crippen LogP contribution in [0.4, 0.5) is 0 Å². The number of azide groups is 1. The molecule has 1 heterocycles. The van der Waals surface area contributed by atoms with Crippen LogP contribution < -0.4 is 9.47 Å². The van der Waals surface area contributed by atoms with E-state index in [-0.39, 0.29) is 17.2 Å². The van der Waals surface area contributed by atoms with Crippen LogP contribution in [0.1, 0.15) is 37.3 Å². The molecule has 1 aromatic carbocycles. The number of methoxy groups -OCH3 is 2. The lowest BCUT2D eigenvalue weighted by atomic mass is 9.81. The van der Waals surface area contributed by atoms with E-state index in [2.05, 4.69) is 26.0 Å². The molecule has 2 bridgehead atoms. The second kappa shape index (κ2) is 7.62. The van der Waals surface area contributed by atoms with Crippen molar-refractivity contribution in [3.63, 3.8) is 0 Å². The molecule has 30 heavy (non-hydrogen) atoms. The molecular weight excluding hydrogens is 476 g/mol. The quantitative estimate of drug-likeness (QED) is 0.257. The van der Waals surface area contributed by atoms with Gasteiger partial charge in [0.1, 0.15) is 4.83 Å². The van der Waals surface area contributed by atoms with Crippen LogP contribution in [0, 0.1) is 11.3 Å². The lowest BCUT2D eigenvalue weighted by Crippen LogP contribution is -2.46. The number of fused-ring (bicyclic) bond motifs is 1. The normalized spacial score (nSPS) is 30.3. The average Bonchev–Trinajstić information content (AvgIpc) is 3.34. The molecule has 162 valence electrons. The summed E-state index contributed by atoms with van der Waals surface area (Å²) in [5.74, 6) is 0.824. The van der Waals surface area contributed by atoms with E-state index in [0.29, 0.717) is 29.4 Å². The molecule has 1 aromatic rings. The van der Waals surface area contributed by atoms with Crippen molar-refractivity contribution in [1.29, 1.82) is 0 Å². The number of benzene rings is 1. The zero-order chi connectivity index (χ0) is 21.7. The molecule has 5 atom stereocenters. The van der Waals surface area contributed by atoms with Crippen molar-refractivity contribution in [1.82, 2.24) is 4.31 Å². The highest BCUT2D eigenvalue weighted by Crippen LogP contribution is 2.60. The van der Waals surface area contributed by atoms with Crippen molar-refractivity contribution in [3.05, 3.63) is 34.2 Å². The summed E-state index contributed by atoms with van der Waals surface area (Å²) >= 11 is 3.35. The fraction of sp³-hybridized carbons (Fsp3) is 0.632. The van der Waals surface area contributed by atoms with Crippen molar-refractivity contribution < 1.29 is 22.7 Å². The van der Waals surface area contributed by atoms with Gasteiger partial charge in [0.25, 0.3) is 5.91 Å². The first-order valence-corrected chi connectivity index (χ1v) is 12.2. The van der Waals surface area contributed by atoms with Gasteiger partial charge < -0.3 is 9.47 Å². The van der Waals surface area contributed by atoms with Crippen molar-refractivity contribution in [2.45, 2.75) is 42.6 Å². The van der Waals surface area contributed by atoms with Crippen molar-refractivity contribution in [2.24, 2.45) is 16.4 Å². The number of amides is 1. The standard InChI is InChI=1S/C19H23BrN4O5S/c1-28-13-4-3-12(8-14(13)29-2)17(22-23-21)16(20)18(25)24-15-7-11-5-6-19(15,9-11)10-30(24,26)27/h3-4,8,11,15-17H,5-7,9-10H2,1-2H3/t11?,15?,16-,17-,19?/m1/s1. The van der Waals surface area contributed by atoms with Gasteiger partial charge in [0.2, 0.25) is 10.0 Å². The van der Waals surface area contributed by atoms with E-state index in [1.165, 1.54) is 14.2 Å². The number of carbonyl (C=O) groups is 1. The van der Waals surface area contributed by atoms with E-state index in [0.717, 1.165) is 23.6 Å². The van der Waals surface area contributed by atoms with Crippen LogP contribution in [0.25, 0.3) is 10.4 Å². The zero-order valence-electron chi connectivity index (χ0n) is 16.7. The van der Waals surface area contributed by atoms with Crippen LogP contribution in [0.5, 0.6) is 11.5 Å². The molecule has 1 saturated heterocycles. The number of sulfonamides is 1. The molecule has 1 aliphatic heterocycles. The Labute approximate surface area is 183 Å². The van der Waals surface area contributed by atoms with Crippen LogP contribution in [0.3, 0.4) is 0 Å². The van der Waals surface area contributed by atoms with E-state index >= 15 is 0 Å². The first kappa shape index (κ1) is 21.3. The van der Waals surface area contributed by atoms with Crippen LogP contribution in [0.15, 0.2) is 23.3 Å². The maximum absolute atomic E-state index is 13.4. The number of alkyl halides is 1. The van der Waals surface area contributed by atoms with Gasteiger partial charge in [-0.15, -0.1) is 0 Å². The summed E-state index contributed by atoms with van der Waals surface area (Å²) in [5.41, 5.74) is 9.29. The summed E-state index contributed by atoms with van der Waals surface area (Å²) in [6, 6.07) is 3.69. The highest BCUT2D eigenvalue weighted by Gasteiger charge is 2.64. The molecule has 3 aliphatic rings. The van der Waals surface area contributed by atoms with Gasteiger partial charge in [-0.25, -0.2) is 12.7 Å². The Morgan fingerprint density at radius 3 is 2.73 bits per heavy atom. The smallest absolute Gasteiger partial charge is 0.250 e. The predicted molar refractivity (Wildman–Crippen MR) is 113 cm³/mol. The van der Waals surface area contributed by atoms with Gasteiger partial charge >= 0.3 is 0 Å². The maximum Gasteiger partial charge on any atom is 0.250 e. The summed E-state index contributed by atoms with van der Waals surface area (Å²) in [6.45, 7) is 0. The lowest BCUT2D eigenvalue weighted by Gasteiger charge is -2.32. The van der Waals surface area contributed by atoms with E-state index in [1.807, 2.05) is 0 Å². The van der Waals surface area contributed by atoms with E-state index in [4.69, 9.17) is 15.0 Å². The fourth-order valence-corrected chi connectivity index (χ4v) is 8.64. The summed E-state index contributed by atoms with van der Waals surface area (Å²) in [7, 11) is -0.733.